The average Bonchev–Trinajstić information content (AvgIpc) is 2.91. The van der Waals surface area contributed by atoms with Gasteiger partial charge in [-0.15, -0.1) is 10.2 Å². The first-order chi connectivity index (χ1) is 10.4. The summed E-state index contributed by atoms with van der Waals surface area (Å²) in [5, 5.41) is 11.2. The molecule has 1 fully saturated rings. The lowest BCUT2D eigenvalue weighted by molar-refractivity contribution is -0.119. The molecular formula is C15H27N5OS. The zero-order valence-electron chi connectivity index (χ0n) is 13.7. The summed E-state index contributed by atoms with van der Waals surface area (Å²) in [6.45, 7) is 6.98. The zero-order chi connectivity index (χ0) is 16.2. The Bertz CT molecular complexity index is 494. The van der Waals surface area contributed by atoms with E-state index in [0.29, 0.717) is 22.4 Å². The number of hydrogen-bond acceptors (Lipinski definition) is 5. The van der Waals surface area contributed by atoms with Gasteiger partial charge in [0.25, 0.3) is 0 Å². The van der Waals surface area contributed by atoms with E-state index in [9.17, 15) is 4.79 Å². The Morgan fingerprint density at radius 1 is 1.45 bits per heavy atom. The second-order valence-electron chi connectivity index (χ2n) is 6.77. The summed E-state index contributed by atoms with van der Waals surface area (Å²) in [6.07, 6.45) is 7.21. The fourth-order valence-corrected chi connectivity index (χ4v) is 3.69. The monoisotopic (exact) mass is 325 g/mol. The zero-order valence-corrected chi connectivity index (χ0v) is 14.5. The maximum atomic E-state index is 12.0. The van der Waals surface area contributed by atoms with Crippen molar-refractivity contribution < 1.29 is 4.79 Å². The van der Waals surface area contributed by atoms with Crippen molar-refractivity contribution in [2.24, 2.45) is 11.3 Å². The van der Waals surface area contributed by atoms with Crippen LogP contribution in [-0.4, -0.2) is 32.6 Å². The highest BCUT2D eigenvalue weighted by Crippen LogP contribution is 2.40. The fraction of sp³-hybridized carbons (Fsp3) is 0.800. The summed E-state index contributed by atoms with van der Waals surface area (Å²) >= 11 is 1.31. The molecule has 1 aromatic heterocycles. The Morgan fingerprint density at radius 2 is 2.14 bits per heavy atom. The van der Waals surface area contributed by atoms with Crippen molar-refractivity contribution in [2.45, 2.75) is 64.1 Å². The van der Waals surface area contributed by atoms with Gasteiger partial charge >= 0.3 is 0 Å². The number of nitrogens with zero attached hydrogens (tertiary/aromatic N) is 3. The minimum atomic E-state index is 0.0474. The molecule has 0 saturated heterocycles. The van der Waals surface area contributed by atoms with Gasteiger partial charge in [0.1, 0.15) is 6.33 Å². The molecule has 124 valence electrons. The topological polar surface area (TPSA) is 85.8 Å². The summed E-state index contributed by atoms with van der Waals surface area (Å²) in [6, 6.07) is 0.313. The van der Waals surface area contributed by atoms with Crippen LogP contribution < -0.4 is 11.2 Å². The summed E-state index contributed by atoms with van der Waals surface area (Å²) in [5.74, 6) is 6.77. The van der Waals surface area contributed by atoms with Gasteiger partial charge in [0.05, 0.1) is 5.75 Å². The fourth-order valence-electron chi connectivity index (χ4n) is 3.04. The first kappa shape index (κ1) is 17.1. The molecule has 22 heavy (non-hydrogen) atoms. The number of amides is 1. The standard InChI is InChI=1S/C15H27N5OS/c1-4-15(2,3)11-5-7-12(8-6-11)18-13(21)9-22-14-19-17-10-20(14)16/h10-12H,4-9,16H2,1-3H3,(H,18,21). The first-order valence-corrected chi connectivity index (χ1v) is 8.98. The SMILES string of the molecule is CCC(C)(C)C1CCC(NC(=O)CSc2nncn2N)CC1. The molecule has 1 aliphatic carbocycles. The second kappa shape index (κ2) is 7.35. The van der Waals surface area contributed by atoms with Gasteiger partial charge in [0.15, 0.2) is 0 Å². The Morgan fingerprint density at radius 3 is 2.68 bits per heavy atom. The molecule has 0 radical (unpaired) electrons. The van der Waals surface area contributed by atoms with Crippen molar-refractivity contribution in [1.82, 2.24) is 20.2 Å². The van der Waals surface area contributed by atoms with Crippen LogP contribution in [0.5, 0.6) is 0 Å². The molecule has 6 nitrogen and oxygen atoms in total. The van der Waals surface area contributed by atoms with Gasteiger partial charge in [0.2, 0.25) is 11.1 Å². The van der Waals surface area contributed by atoms with Gasteiger partial charge in [-0.1, -0.05) is 39.0 Å². The van der Waals surface area contributed by atoms with Crippen LogP contribution in [0.3, 0.4) is 0 Å². The van der Waals surface area contributed by atoms with Gasteiger partial charge in [-0.2, -0.15) is 0 Å². The highest BCUT2D eigenvalue weighted by Gasteiger charge is 2.32. The highest BCUT2D eigenvalue weighted by molar-refractivity contribution is 7.99. The molecule has 3 N–H and O–H groups in total. The van der Waals surface area contributed by atoms with E-state index < -0.39 is 0 Å². The van der Waals surface area contributed by atoms with Crippen molar-refractivity contribution in [3.63, 3.8) is 0 Å². The van der Waals surface area contributed by atoms with Gasteiger partial charge in [-0.25, -0.2) is 4.68 Å². The predicted octanol–water partition coefficient (Wildman–Crippen LogP) is 2.20. The summed E-state index contributed by atoms with van der Waals surface area (Å²) in [4.78, 5) is 12.0. The summed E-state index contributed by atoms with van der Waals surface area (Å²) < 4.78 is 1.33. The van der Waals surface area contributed by atoms with Crippen LogP contribution in [0.4, 0.5) is 0 Å². The lowest BCUT2D eigenvalue weighted by Gasteiger charge is -2.39. The minimum absolute atomic E-state index is 0.0474. The molecule has 0 spiro atoms. The van der Waals surface area contributed by atoms with Crippen LogP contribution in [-0.2, 0) is 4.79 Å². The number of nitrogens with one attached hydrogen (secondary N) is 1. The van der Waals surface area contributed by atoms with Crippen LogP contribution in [0, 0.1) is 11.3 Å². The lowest BCUT2D eigenvalue weighted by Crippen LogP contribution is -2.40. The van der Waals surface area contributed by atoms with Gasteiger partial charge in [0, 0.05) is 6.04 Å². The molecule has 7 heteroatoms. The minimum Gasteiger partial charge on any atom is -0.353 e. The molecule has 1 aliphatic rings. The molecule has 1 heterocycles. The van der Waals surface area contributed by atoms with E-state index >= 15 is 0 Å². The lowest BCUT2D eigenvalue weighted by atomic mass is 9.69. The molecular weight excluding hydrogens is 298 g/mol. The van der Waals surface area contributed by atoms with Crippen LogP contribution >= 0.6 is 11.8 Å². The van der Waals surface area contributed by atoms with Crippen LogP contribution in [0.15, 0.2) is 11.5 Å². The Balaban J connectivity index is 1.72. The third-order valence-electron chi connectivity index (χ3n) is 4.98. The number of rotatable bonds is 6. The number of aromatic nitrogens is 3. The highest BCUT2D eigenvalue weighted by atomic mass is 32.2. The predicted molar refractivity (Wildman–Crippen MR) is 88.9 cm³/mol. The molecule has 0 atom stereocenters. The molecule has 1 saturated carbocycles. The van der Waals surface area contributed by atoms with E-state index in [-0.39, 0.29) is 5.91 Å². The Kier molecular flexibility index (Phi) is 5.72. The number of nitrogens with two attached hydrogens (primary N) is 1. The number of hydrogen-bond donors (Lipinski definition) is 2. The van der Waals surface area contributed by atoms with Crippen molar-refractivity contribution >= 4 is 17.7 Å². The van der Waals surface area contributed by atoms with Crippen molar-refractivity contribution in [3.05, 3.63) is 6.33 Å². The molecule has 1 amide bonds. The van der Waals surface area contributed by atoms with E-state index in [2.05, 4.69) is 36.3 Å². The second-order valence-corrected chi connectivity index (χ2v) is 7.71. The number of carbonyl (C=O) groups excluding carboxylic acids is 1. The Labute approximate surface area is 136 Å². The molecule has 0 unspecified atom stereocenters. The van der Waals surface area contributed by atoms with E-state index in [0.717, 1.165) is 18.8 Å². The largest absolute Gasteiger partial charge is 0.353 e. The summed E-state index contributed by atoms with van der Waals surface area (Å²) in [7, 11) is 0. The van der Waals surface area contributed by atoms with E-state index in [1.807, 2.05) is 0 Å². The average molecular weight is 325 g/mol. The first-order valence-electron chi connectivity index (χ1n) is 7.99. The number of carbonyl (C=O) groups is 1. The van der Waals surface area contributed by atoms with Gasteiger partial charge in [-0.3, -0.25) is 4.79 Å². The molecule has 0 bridgehead atoms. The van der Waals surface area contributed by atoms with Crippen molar-refractivity contribution in [3.8, 4) is 0 Å². The van der Waals surface area contributed by atoms with Gasteiger partial charge < -0.3 is 11.2 Å². The number of nitrogen functional groups attached to an aromatic ring is 1. The van der Waals surface area contributed by atoms with Gasteiger partial charge in [-0.05, 0) is 37.0 Å². The van der Waals surface area contributed by atoms with Crippen molar-refractivity contribution in [1.29, 1.82) is 0 Å². The maximum Gasteiger partial charge on any atom is 0.230 e. The number of thioether (sulfide) groups is 1. The smallest absolute Gasteiger partial charge is 0.230 e. The molecule has 1 aromatic rings. The van der Waals surface area contributed by atoms with Crippen LogP contribution in [0.1, 0.15) is 52.9 Å². The Hall–Kier alpha value is -1.24. The third kappa shape index (κ3) is 4.38. The normalized spacial score (nSPS) is 22.5. The summed E-state index contributed by atoms with van der Waals surface area (Å²) in [5.41, 5.74) is 0.413. The molecule has 0 aromatic carbocycles. The van der Waals surface area contributed by atoms with E-state index in [1.165, 1.54) is 42.0 Å². The third-order valence-corrected chi connectivity index (χ3v) is 5.94. The van der Waals surface area contributed by atoms with Crippen LogP contribution in [0.25, 0.3) is 0 Å². The van der Waals surface area contributed by atoms with E-state index in [1.54, 1.807) is 0 Å². The van der Waals surface area contributed by atoms with Crippen molar-refractivity contribution in [2.75, 3.05) is 11.6 Å². The quantitative estimate of drug-likeness (QED) is 0.618. The molecule has 2 rings (SSSR count). The van der Waals surface area contributed by atoms with E-state index in [4.69, 9.17) is 5.84 Å². The molecule has 0 aliphatic heterocycles. The maximum absolute atomic E-state index is 12.0. The van der Waals surface area contributed by atoms with Crippen LogP contribution in [0.2, 0.25) is 0 Å².